The molecule has 1 saturated heterocycles. The third-order valence-electron chi connectivity index (χ3n) is 5.25. The summed E-state index contributed by atoms with van der Waals surface area (Å²) in [6.07, 6.45) is 1.60. The predicted molar refractivity (Wildman–Crippen MR) is 122 cm³/mol. The highest BCUT2D eigenvalue weighted by atomic mass is 32.1. The minimum atomic E-state index is -0.998. The number of aromatic nitrogens is 4. The Morgan fingerprint density at radius 2 is 1.62 bits per heavy atom. The summed E-state index contributed by atoms with van der Waals surface area (Å²) in [6, 6.07) is 0. The van der Waals surface area contributed by atoms with Crippen LogP contribution in [0.4, 0.5) is 0 Å². The summed E-state index contributed by atoms with van der Waals surface area (Å²) in [4.78, 5) is 48.2. The molecular weight excluding hydrogens is 464 g/mol. The summed E-state index contributed by atoms with van der Waals surface area (Å²) in [5, 5.41) is 0. The number of nitrogens with one attached hydrogen (secondary N) is 1. The lowest BCUT2D eigenvalue weighted by Crippen LogP contribution is -2.41. The Kier molecular flexibility index (Phi) is 9.11. The molecule has 186 valence electrons. The van der Waals surface area contributed by atoms with Crippen LogP contribution in [0.5, 0.6) is 0 Å². The average Bonchev–Trinajstić information content (AvgIpc) is 3.36. The van der Waals surface area contributed by atoms with Gasteiger partial charge in [0.2, 0.25) is 0 Å². The quantitative estimate of drug-likeness (QED) is 0.282. The van der Waals surface area contributed by atoms with E-state index in [0.29, 0.717) is 35.1 Å². The van der Waals surface area contributed by atoms with Gasteiger partial charge in [0.15, 0.2) is 23.1 Å². The number of esters is 3. The van der Waals surface area contributed by atoms with Crippen molar-refractivity contribution in [3.05, 3.63) is 17.3 Å². The van der Waals surface area contributed by atoms with Crippen molar-refractivity contribution in [3.63, 3.8) is 0 Å². The van der Waals surface area contributed by atoms with Crippen LogP contribution in [-0.4, -0.2) is 62.3 Å². The average molecular weight is 495 g/mol. The number of hydrogen-bond acceptors (Lipinski definition) is 10. The molecule has 2 aromatic rings. The number of hydrogen-bond donors (Lipinski definition) is 1. The molecular formula is C22H30N4O7S. The second kappa shape index (κ2) is 12.0. The molecule has 3 rings (SSSR count). The fourth-order valence-corrected chi connectivity index (χ4v) is 3.88. The van der Waals surface area contributed by atoms with Crippen molar-refractivity contribution in [1.29, 1.82) is 0 Å². The molecule has 0 saturated carbocycles. The number of fused-ring (bicyclic) bond motifs is 1. The Bertz CT molecular complexity index is 1070. The molecule has 1 N–H and O–H groups in total. The Morgan fingerprint density at radius 1 is 1.00 bits per heavy atom. The van der Waals surface area contributed by atoms with Gasteiger partial charge in [0, 0.05) is 19.3 Å². The van der Waals surface area contributed by atoms with Crippen molar-refractivity contribution in [2.75, 3.05) is 6.61 Å². The van der Waals surface area contributed by atoms with Crippen molar-refractivity contribution in [2.45, 2.75) is 83.8 Å². The van der Waals surface area contributed by atoms with Gasteiger partial charge in [0.05, 0.1) is 12.7 Å². The van der Waals surface area contributed by atoms with Crippen LogP contribution < -0.4 is 0 Å². The molecule has 3 heterocycles. The predicted octanol–water partition coefficient (Wildman–Crippen LogP) is 3.15. The van der Waals surface area contributed by atoms with Crippen LogP contribution in [0.25, 0.3) is 11.2 Å². The largest absolute Gasteiger partial charge is 0.463 e. The fraction of sp³-hybridized carbons (Fsp3) is 0.636. The summed E-state index contributed by atoms with van der Waals surface area (Å²) in [6.45, 7) is 5.41. The van der Waals surface area contributed by atoms with Gasteiger partial charge in [-0.25, -0.2) is 9.97 Å². The van der Waals surface area contributed by atoms with E-state index < -0.39 is 42.4 Å². The monoisotopic (exact) mass is 494 g/mol. The maximum absolute atomic E-state index is 12.5. The third kappa shape index (κ3) is 5.98. The van der Waals surface area contributed by atoms with Gasteiger partial charge in [-0.15, -0.1) is 0 Å². The van der Waals surface area contributed by atoms with Gasteiger partial charge in [0.25, 0.3) is 0 Å². The van der Waals surface area contributed by atoms with Crippen LogP contribution in [0.3, 0.4) is 0 Å². The molecule has 12 heteroatoms. The van der Waals surface area contributed by atoms with E-state index in [2.05, 4.69) is 15.0 Å². The number of imidazole rings is 1. The standard InChI is InChI=1S/C22H30N4O7S/c1-4-7-14(27)30-10-13-18(32-15(28)8-5-2)19(33-16(29)9-6-3)22(31-13)26-12-25-17-20(26)23-11-24-21(17)34/h11-13,18-19,22H,4-10H2,1-3H3,(H,23,24,34)/t13-,18+,19+,22-/m1/s1. The third-order valence-corrected chi connectivity index (χ3v) is 5.54. The molecule has 4 atom stereocenters. The number of H-pyrrole nitrogens is 1. The molecule has 1 aliphatic rings. The van der Waals surface area contributed by atoms with Gasteiger partial charge < -0.3 is 23.9 Å². The van der Waals surface area contributed by atoms with Crippen LogP contribution in [0.2, 0.25) is 0 Å². The van der Waals surface area contributed by atoms with Crippen LogP contribution in [0, 0.1) is 4.64 Å². The molecule has 0 aliphatic carbocycles. The van der Waals surface area contributed by atoms with Crippen LogP contribution in [0.15, 0.2) is 12.7 Å². The van der Waals surface area contributed by atoms with Crippen molar-refractivity contribution < 1.29 is 33.3 Å². The summed E-state index contributed by atoms with van der Waals surface area (Å²) in [7, 11) is 0. The second-order valence-electron chi connectivity index (χ2n) is 7.96. The van der Waals surface area contributed by atoms with Gasteiger partial charge in [-0.05, 0) is 19.3 Å². The second-order valence-corrected chi connectivity index (χ2v) is 8.35. The zero-order valence-corrected chi connectivity index (χ0v) is 20.3. The van der Waals surface area contributed by atoms with Crippen LogP contribution in [0.1, 0.15) is 65.5 Å². The van der Waals surface area contributed by atoms with Gasteiger partial charge in [0.1, 0.15) is 23.9 Å². The smallest absolute Gasteiger partial charge is 0.306 e. The number of nitrogens with zero attached hydrogens (tertiary/aromatic N) is 3. The molecule has 0 amide bonds. The number of carbonyl (C=O) groups is 3. The Balaban J connectivity index is 1.97. The van der Waals surface area contributed by atoms with Crippen molar-refractivity contribution in [2.24, 2.45) is 0 Å². The van der Waals surface area contributed by atoms with Gasteiger partial charge in [-0.1, -0.05) is 33.0 Å². The molecule has 1 fully saturated rings. The highest BCUT2D eigenvalue weighted by Crippen LogP contribution is 2.36. The van der Waals surface area contributed by atoms with Crippen molar-refractivity contribution in [3.8, 4) is 0 Å². The van der Waals surface area contributed by atoms with Crippen molar-refractivity contribution in [1.82, 2.24) is 19.5 Å². The first-order chi connectivity index (χ1) is 16.4. The maximum atomic E-state index is 12.5. The van der Waals surface area contributed by atoms with Crippen LogP contribution >= 0.6 is 12.2 Å². The fourth-order valence-electron chi connectivity index (χ4n) is 3.68. The number of ether oxygens (including phenoxy) is 4. The van der Waals surface area contributed by atoms with E-state index in [0.717, 1.165) is 0 Å². The normalized spacial score (nSPS) is 22.0. The minimum Gasteiger partial charge on any atom is -0.463 e. The Hall–Kier alpha value is -2.86. The topological polar surface area (TPSA) is 135 Å². The molecule has 11 nitrogen and oxygen atoms in total. The summed E-state index contributed by atoms with van der Waals surface area (Å²) >= 11 is 5.24. The Labute approximate surface area is 202 Å². The molecule has 2 aromatic heterocycles. The summed E-state index contributed by atoms with van der Waals surface area (Å²) in [5.41, 5.74) is 0.945. The van der Waals surface area contributed by atoms with Crippen molar-refractivity contribution >= 4 is 41.3 Å². The summed E-state index contributed by atoms with van der Waals surface area (Å²) < 4.78 is 24.9. The zero-order chi connectivity index (χ0) is 24.7. The number of aromatic amines is 1. The van der Waals surface area contributed by atoms with Gasteiger partial charge in [-0.3, -0.25) is 19.0 Å². The first-order valence-electron chi connectivity index (χ1n) is 11.5. The molecule has 0 spiro atoms. The number of rotatable bonds is 11. The summed E-state index contributed by atoms with van der Waals surface area (Å²) in [5.74, 6) is -1.31. The molecule has 0 unspecified atom stereocenters. The zero-order valence-electron chi connectivity index (χ0n) is 19.5. The molecule has 0 radical (unpaired) electrons. The molecule has 1 aliphatic heterocycles. The lowest BCUT2D eigenvalue weighted by atomic mass is 10.1. The van der Waals surface area contributed by atoms with E-state index >= 15 is 0 Å². The first-order valence-corrected chi connectivity index (χ1v) is 11.9. The first kappa shape index (κ1) is 25.8. The molecule has 0 aromatic carbocycles. The molecule has 34 heavy (non-hydrogen) atoms. The van der Waals surface area contributed by atoms with E-state index in [-0.39, 0.29) is 25.9 Å². The van der Waals surface area contributed by atoms with Gasteiger partial charge >= 0.3 is 17.9 Å². The number of carbonyl (C=O) groups excluding carboxylic acids is 3. The van der Waals surface area contributed by atoms with E-state index in [1.54, 1.807) is 4.57 Å². The minimum absolute atomic E-state index is 0.161. The van der Waals surface area contributed by atoms with Crippen LogP contribution in [-0.2, 0) is 33.3 Å². The van der Waals surface area contributed by atoms with E-state index in [1.165, 1.54) is 12.7 Å². The Morgan fingerprint density at radius 3 is 2.26 bits per heavy atom. The highest BCUT2D eigenvalue weighted by Gasteiger charge is 2.51. The highest BCUT2D eigenvalue weighted by molar-refractivity contribution is 7.71. The van der Waals surface area contributed by atoms with E-state index in [4.69, 9.17) is 31.2 Å². The lowest BCUT2D eigenvalue weighted by Gasteiger charge is -2.24. The lowest BCUT2D eigenvalue weighted by molar-refractivity contribution is -0.169. The molecule has 0 bridgehead atoms. The SMILES string of the molecule is CCCC(=O)OC[C@H]1O[C@@H](n2cnc3c(=S)nc[nH]c32)[C@@H](OC(=O)CCC)[C@H]1OC(=O)CCC. The van der Waals surface area contributed by atoms with Gasteiger partial charge in [-0.2, -0.15) is 0 Å². The van der Waals surface area contributed by atoms with E-state index in [9.17, 15) is 14.4 Å². The van der Waals surface area contributed by atoms with E-state index in [1.807, 2.05) is 20.8 Å². The maximum Gasteiger partial charge on any atom is 0.306 e.